The van der Waals surface area contributed by atoms with Gasteiger partial charge in [0, 0.05) is 42.3 Å². The highest BCUT2D eigenvalue weighted by atomic mass is 32.2. The summed E-state index contributed by atoms with van der Waals surface area (Å²) >= 11 is 0. The molecule has 0 aliphatic carbocycles. The Bertz CT molecular complexity index is 784. The molecule has 0 bridgehead atoms. The van der Waals surface area contributed by atoms with E-state index in [0.717, 1.165) is 29.3 Å². The number of aromatic nitrogens is 1. The van der Waals surface area contributed by atoms with Gasteiger partial charge in [-0.15, -0.1) is 0 Å². The van der Waals surface area contributed by atoms with Crippen molar-refractivity contribution in [2.75, 3.05) is 19.6 Å². The molecule has 1 aromatic carbocycles. The van der Waals surface area contributed by atoms with Crippen LogP contribution in [0.15, 0.2) is 35.5 Å². The molecule has 0 saturated carbocycles. The second-order valence-corrected chi connectivity index (χ2v) is 7.69. The molecule has 22 heavy (non-hydrogen) atoms. The predicted octanol–water partition coefficient (Wildman–Crippen LogP) is 1.92. The molecule has 1 aliphatic rings. The molecule has 1 atom stereocenters. The lowest BCUT2D eigenvalue weighted by molar-refractivity contribution is 0.354. The third kappa shape index (κ3) is 2.62. The first kappa shape index (κ1) is 15.4. The maximum Gasteiger partial charge on any atom is 0.243 e. The Hall–Kier alpha value is -1.50. The lowest BCUT2D eigenvalue weighted by atomic mass is 10.1. The second-order valence-electron chi connectivity index (χ2n) is 5.83. The van der Waals surface area contributed by atoms with Crippen LogP contribution in [0.5, 0.6) is 0 Å². The highest BCUT2D eigenvalue weighted by Crippen LogP contribution is 2.29. The molecule has 2 aromatic rings. The van der Waals surface area contributed by atoms with Gasteiger partial charge >= 0.3 is 0 Å². The van der Waals surface area contributed by atoms with Crippen molar-refractivity contribution in [1.82, 2.24) is 14.6 Å². The largest absolute Gasteiger partial charge is 0.315 e. The molecule has 1 saturated heterocycles. The van der Waals surface area contributed by atoms with Crippen LogP contribution in [0.2, 0.25) is 0 Å². The highest BCUT2D eigenvalue weighted by molar-refractivity contribution is 7.89. The summed E-state index contributed by atoms with van der Waals surface area (Å²) in [7, 11) is -3.52. The molecule has 5 nitrogen and oxygen atoms in total. The van der Waals surface area contributed by atoms with Gasteiger partial charge in [0.05, 0.1) is 4.90 Å². The minimum atomic E-state index is -3.52. The molecule has 0 amide bonds. The number of nitrogens with zero attached hydrogens (tertiary/aromatic N) is 2. The van der Waals surface area contributed by atoms with Crippen molar-refractivity contribution in [2.24, 2.45) is 0 Å². The number of hydrogen-bond donors (Lipinski definition) is 1. The van der Waals surface area contributed by atoms with Crippen LogP contribution in [0.1, 0.15) is 18.9 Å². The monoisotopic (exact) mass is 320 g/mol. The van der Waals surface area contributed by atoms with Crippen LogP contribution in [-0.4, -0.2) is 43.4 Å². The Morgan fingerprint density at radius 2 is 2.14 bits per heavy atom. The Labute approximate surface area is 131 Å². The first-order chi connectivity index (χ1) is 10.5. The number of pyridine rings is 1. The predicted molar refractivity (Wildman–Crippen MR) is 87.3 cm³/mol. The Balaban J connectivity index is 2.17. The fourth-order valence-electron chi connectivity index (χ4n) is 3.06. The van der Waals surface area contributed by atoms with Crippen LogP contribution in [0.4, 0.5) is 0 Å². The average molecular weight is 320 g/mol. The molecule has 118 valence electrons. The maximum absolute atomic E-state index is 13.2. The van der Waals surface area contributed by atoms with E-state index in [1.54, 1.807) is 28.8 Å². The molecule has 1 fully saturated rings. The minimum Gasteiger partial charge on any atom is -0.315 e. The van der Waals surface area contributed by atoms with Crippen LogP contribution >= 0.6 is 0 Å². The van der Waals surface area contributed by atoms with Crippen molar-refractivity contribution in [1.29, 1.82) is 0 Å². The van der Waals surface area contributed by atoms with E-state index < -0.39 is 10.0 Å². The summed E-state index contributed by atoms with van der Waals surface area (Å²) in [5.74, 6) is 0. The number of fused-ring (bicyclic) bond motifs is 1. The van der Waals surface area contributed by atoms with E-state index in [9.17, 15) is 8.42 Å². The van der Waals surface area contributed by atoms with Crippen LogP contribution in [0.3, 0.4) is 0 Å². The van der Waals surface area contributed by atoms with Gasteiger partial charge in [-0.25, -0.2) is 8.42 Å². The number of benzene rings is 1. The van der Waals surface area contributed by atoms with E-state index in [4.69, 9.17) is 0 Å². The first-order valence-electron chi connectivity index (χ1n) is 7.57. The van der Waals surface area contributed by atoms with E-state index in [-0.39, 0.29) is 6.04 Å². The molecular weight excluding hydrogens is 299 g/mol. The molecule has 1 aliphatic heterocycles. The van der Waals surface area contributed by atoms with Gasteiger partial charge in [-0.1, -0.05) is 12.1 Å². The van der Waals surface area contributed by atoms with Crippen molar-refractivity contribution < 1.29 is 8.42 Å². The summed E-state index contributed by atoms with van der Waals surface area (Å²) in [6, 6.07) is 5.35. The summed E-state index contributed by atoms with van der Waals surface area (Å²) in [6.07, 6.45) is 4.26. The Kier molecular flexibility index (Phi) is 4.16. The average Bonchev–Trinajstić information content (AvgIpc) is 2.72. The first-order valence-corrected chi connectivity index (χ1v) is 9.01. The van der Waals surface area contributed by atoms with E-state index >= 15 is 0 Å². The molecule has 0 radical (unpaired) electrons. The quantitative estimate of drug-likeness (QED) is 0.859. The van der Waals surface area contributed by atoms with E-state index in [1.165, 1.54) is 0 Å². The molecule has 1 aromatic heterocycles. The van der Waals surface area contributed by atoms with Crippen molar-refractivity contribution in [3.63, 3.8) is 0 Å². The SMILES string of the molecule is C[C@H]1CNCCCN1S(=O)(=O)c1cccc2cncc([13CH3])c12. The molecule has 2 heterocycles. The van der Waals surface area contributed by atoms with Crippen LogP contribution in [-0.2, 0) is 10.0 Å². The molecule has 3 rings (SSSR count). The second kappa shape index (κ2) is 5.95. The lowest BCUT2D eigenvalue weighted by Gasteiger charge is -2.26. The topological polar surface area (TPSA) is 62.3 Å². The van der Waals surface area contributed by atoms with Crippen molar-refractivity contribution in [3.05, 3.63) is 36.2 Å². The molecule has 1 N–H and O–H groups in total. The van der Waals surface area contributed by atoms with Gasteiger partial charge in [0.2, 0.25) is 10.0 Å². The van der Waals surface area contributed by atoms with Gasteiger partial charge < -0.3 is 5.32 Å². The third-order valence-corrected chi connectivity index (χ3v) is 6.24. The summed E-state index contributed by atoms with van der Waals surface area (Å²) < 4.78 is 28.0. The van der Waals surface area contributed by atoms with Crippen LogP contribution < -0.4 is 5.32 Å². The number of sulfonamides is 1. The van der Waals surface area contributed by atoms with Gasteiger partial charge in [0.15, 0.2) is 0 Å². The van der Waals surface area contributed by atoms with Crippen molar-refractivity contribution in [3.8, 4) is 0 Å². The van der Waals surface area contributed by atoms with Gasteiger partial charge in [0.1, 0.15) is 0 Å². The standard InChI is InChI=1S/C16H21N3O2S/c1-12-9-18-11-14-5-3-6-15(16(12)14)22(20,21)19-8-4-7-17-10-13(19)2/h3,5-6,9,11,13,17H,4,7-8,10H2,1-2H3/t13-/m0/s1/i1+1. The fourth-order valence-corrected chi connectivity index (χ4v) is 5.02. The summed E-state index contributed by atoms with van der Waals surface area (Å²) in [4.78, 5) is 4.55. The summed E-state index contributed by atoms with van der Waals surface area (Å²) in [5, 5.41) is 4.93. The zero-order chi connectivity index (χ0) is 15.7. The molecular formula is C16H21N3O2S. The summed E-state index contributed by atoms with van der Waals surface area (Å²) in [5.41, 5.74) is 0.886. The van der Waals surface area contributed by atoms with E-state index in [0.29, 0.717) is 18.0 Å². The Morgan fingerprint density at radius 3 is 2.95 bits per heavy atom. The van der Waals surface area contributed by atoms with Crippen molar-refractivity contribution >= 4 is 20.8 Å². The maximum atomic E-state index is 13.2. The zero-order valence-corrected chi connectivity index (χ0v) is 13.7. The van der Waals surface area contributed by atoms with E-state index in [2.05, 4.69) is 10.3 Å². The van der Waals surface area contributed by atoms with Crippen LogP contribution in [0, 0.1) is 6.92 Å². The Morgan fingerprint density at radius 1 is 1.32 bits per heavy atom. The van der Waals surface area contributed by atoms with Gasteiger partial charge in [-0.05, 0) is 38.4 Å². The summed E-state index contributed by atoms with van der Waals surface area (Å²) in [6.45, 7) is 5.95. The number of hydrogen-bond acceptors (Lipinski definition) is 4. The normalized spacial score (nSPS) is 20.9. The number of nitrogens with one attached hydrogen (secondary N) is 1. The fraction of sp³-hybridized carbons (Fsp3) is 0.438. The molecule has 0 unspecified atom stereocenters. The van der Waals surface area contributed by atoms with Crippen LogP contribution in [0.25, 0.3) is 10.8 Å². The number of aryl methyl sites for hydroxylation is 1. The zero-order valence-electron chi connectivity index (χ0n) is 12.9. The third-order valence-electron chi connectivity index (χ3n) is 4.18. The number of rotatable bonds is 2. The smallest absolute Gasteiger partial charge is 0.243 e. The van der Waals surface area contributed by atoms with Crippen molar-refractivity contribution in [2.45, 2.75) is 31.2 Å². The van der Waals surface area contributed by atoms with Gasteiger partial charge in [0.25, 0.3) is 0 Å². The minimum absolute atomic E-state index is 0.0510. The highest BCUT2D eigenvalue weighted by Gasteiger charge is 2.31. The van der Waals surface area contributed by atoms with Gasteiger partial charge in [-0.3, -0.25) is 4.98 Å². The lowest BCUT2D eigenvalue weighted by Crippen LogP contribution is -2.41. The molecule has 6 heteroatoms. The van der Waals surface area contributed by atoms with Gasteiger partial charge in [-0.2, -0.15) is 4.31 Å². The molecule has 0 spiro atoms. The van der Waals surface area contributed by atoms with E-state index in [1.807, 2.05) is 19.9 Å².